The van der Waals surface area contributed by atoms with Crippen LogP contribution in [0.1, 0.15) is 25.0 Å². The summed E-state index contributed by atoms with van der Waals surface area (Å²) in [5.41, 5.74) is 5.20. The number of ether oxygens (including phenoxy) is 1. The predicted molar refractivity (Wildman–Crippen MR) is 115 cm³/mol. The van der Waals surface area contributed by atoms with Gasteiger partial charge in [-0.2, -0.15) is 0 Å². The molecule has 2 aromatic heterocycles. The van der Waals surface area contributed by atoms with Crippen LogP contribution in [0, 0.1) is 13.8 Å². The van der Waals surface area contributed by atoms with Gasteiger partial charge < -0.3 is 9.64 Å². The molecule has 2 atom stereocenters. The third-order valence-electron chi connectivity index (χ3n) is 5.46. The van der Waals surface area contributed by atoms with Gasteiger partial charge in [-0.15, -0.1) is 10.2 Å². The Labute approximate surface area is 170 Å². The van der Waals surface area contributed by atoms with Crippen LogP contribution in [0.3, 0.4) is 0 Å². The van der Waals surface area contributed by atoms with Gasteiger partial charge in [-0.1, -0.05) is 35.4 Å². The molecule has 1 aliphatic heterocycles. The van der Waals surface area contributed by atoms with Crippen LogP contribution in [0.4, 0.5) is 5.95 Å². The Bertz CT molecular complexity index is 1200. The average molecular weight is 387 g/mol. The summed E-state index contributed by atoms with van der Waals surface area (Å²) in [7, 11) is 0. The topological polar surface area (TPSA) is 55.5 Å². The molecular weight excluding hydrogens is 362 g/mol. The lowest BCUT2D eigenvalue weighted by atomic mass is 10.1. The number of aromatic nitrogens is 4. The lowest BCUT2D eigenvalue weighted by Crippen LogP contribution is -2.46. The molecule has 4 aromatic rings. The zero-order valence-corrected chi connectivity index (χ0v) is 17.3. The minimum atomic E-state index is 0.142. The molecule has 6 heteroatoms. The lowest BCUT2D eigenvalue weighted by molar-refractivity contribution is -0.00576. The zero-order chi connectivity index (χ0) is 20.1. The van der Waals surface area contributed by atoms with Gasteiger partial charge in [0.15, 0.2) is 11.5 Å². The first kappa shape index (κ1) is 18.1. The first-order chi connectivity index (χ1) is 14.0. The van der Waals surface area contributed by atoms with Crippen LogP contribution < -0.4 is 4.90 Å². The highest BCUT2D eigenvalue weighted by molar-refractivity contribution is 5.94. The maximum absolute atomic E-state index is 5.96. The fourth-order valence-corrected chi connectivity index (χ4v) is 4.26. The largest absolute Gasteiger partial charge is 0.372 e. The normalized spacial score (nSPS) is 19.9. The second kappa shape index (κ2) is 6.81. The molecule has 0 bridgehead atoms. The standard InChI is InChI=1S/C23H25N5O/c1-14-6-5-7-18(10-14)21-25-26-22-19-11-15(2)8-9-20(19)24-23(28(21)22)27-12-16(3)29-17(4)13-27/h5-11,16-17H,12-13H2,1-4H3/t16-,17-/m1/s1. The molecule has 3 heterocycles. The van der Waals surface area contributed by atoms with Gasteiger partial charge in [0.1, 0.15) is 0 Å². The smallest absolute Gasteiger partial charge is 0.213 e. The van der Waals surface area contributed by atoms with Crippen molar-refractivity contribution in [2.45, 2.75) is 39.9 Å². The van der Waals surface area contributed by atoms with E-state index in [-0.39, 0.29) is 12.2 Å². The first-order valence-electron chi connectivity index (χ1n) is 10.1. The molecule has 1 fully saturated rings. The highest BCUT2D eigenvalue weighted by Gasteiger charge is 2.27. The van der Waals surface area contributed by atoms with Crippen molar-refractivity contribution in [1.82, 2.24) is 19.6 Å². The second-order valence-electron chi connectivity index (χ2n) is 8.15. The molecule has 5 rings (SSSR count). The Balaban J connectivity index is 1.81. The fourth-order valence-electron chi connectivity index (χ4n) is 4.26. The Morgan fingerprint density at radius 2 is 1.69 bits per heavy atom. The van der Waals surface area contributed by atoms with E-state index < -0.39 is 0 Å². The second-order valence-corrected chi connectivity index (χ2v) is 8.15. The third-order valence-corrected chi connectivity index (χ3v) is 5.46. The van der Waals surface area contributed by atoms with Crippen molar-refractivity contribution in [3.8, 4) is 11.4 Å². The Hall–Kier alpha value is -2.99. The molecule has 0 amide bonds. The molecule has 6 nitrogen and oxygen atoms in total. The van der Waals surface area contributed by atoms with Crippen LogP contribution in [0.15, 0.2) is 42.5 Å². The quantitative estimate of drug-likeness (QED) is 0.517. The van der Waals surface area contributed by atoms with Gasteiger partial charge in [-0.25, -0.2) is 9.38 Å². The lowest BCUT2D eigenvalue weighted by Gasteiger charge is -2.36. The highest BCUT2D eigenvalue weighted by Crippen LogP contribution is 2.30. The number of hydrogen-bond acceptors (Lipinski definition) is 5. The molecule has 1 aliphatic rings. The number of fused-ring (bicyclic) bond motifs is 3. The van der Waals surface area contributed by atoms with Gasteiger partial charge in [-0.3, -0.25) is 0 Å². The molecule has 29 heavy (non-hydrogen) atoms. The summed E-state index contributed by atoms with van der Waals surface area (Å²) in [5.74, 6) is 1.70. The van der Waals surface area contributed by atoms with Gasteiger partial charge >= 0.3 is 0 Å². The molecule has 0 unspecified atom stereocenters. The van der Waals surface area contributed by atoms with E-state index >= 15 is 0 Å². The van der Waals surface area contributed by atoms with E-state index in [0.29, 0.717) is 0 Å². The summed E-state index contributed by atoms with van der Waals surface area (Å²) in [6.07, 6.45) is 0.284. The van der Waals surface area contributed by atoms with Crippen molar-refractivity contribution < 1.29 is 4.74 Å². The molecule has 1 saturated heterocycles. The highest BCUT2D eigenvalue weighted by atomic mass is 16.5. The SMILES string of the molecule is Cc1cccc(-c2nnc3c4cc(C)ccc4nc(N4C[C@@H](C)O[C@H](C)C4)n23)c1. The van der Waals surface area contributed by atoms with Crippen molar-refractivity contribution in [3.63, 3.8) is 0 Å². The zero-order valence-electron chi connectivity index (χ0n) is 17.3. The van der Waals surface area contributed by atoms with Crippen LogP contribution >= 0.6 is 0 Å². The van der Waals surface area contributed by atoms with E-state index in [9.17, 15) is 0 Å². The molecule has 148 valence electrons. The number of hydrogen-bond donors (Lipinski definition) is 0. The minimum absolute atomic E-state index is 0.142. The number of aryl methyl sites for hydroxylation is 2. The molecule has 0 aliphatic carbocycles. The Morgan fingerprint density at radius 1 is 0.931 bits per heavy atom. The molecule has 0 spiro atoms. The van der Waals surface area contributed by atoms with E-state index in [2.05, 4.69) is 89.7 Å². The van der Waals surface area contributed by atoms with Crippen molar-refractivity contribution in [3.05, 3.63) is 53.6 Å². The van der Waals surface area contributed by atoms with Crippen molar-refractivity contribution in [1.29, 1.82) is 0 Å². The number of anilines is 1. The summed E-state index contributed by atoms with van der Waals surface area (Å²) in [5, 5.41) is 10.2. The van der Waals surface area contributed by atoms with Crippen molar-refractivity contribution in [2.75, 3.05) is 18.0 Å². The van der Waals surface area contributed by atoms with Gasteiger partial charge in [0.25, 0.3) is 0 Å². The summed E-state index contributed by atoms with van der Waals surface area (Å²) < 4.78 is 8.07. The monoisotopic (exact) mass is 387 g/mol. The van der Waals surface area contributed by atoms with Crippen LogP contribution in [0.2, 0.25) is 0 Å². The Kier molecular flexibility index (Phi) is 4.24. The average Bonchev–Trinajstić information content (AvgIpc) is 3.12. The minimum Gasteiger partial charge on any atom is -0.372 e. The molecule has 2 aromatic carbocycles. The van der Waals surface area contributed by atoms with Crippen LogP contribution in [0.5, 0.6) is 0 Å². The summed E-state index contributed by atoms with van der Waals surface area (Å²) in [4.78, 5) is 7.37. The van der Waals surface area contributed by atoms with Crippen LogP contribution in [0.25, 0.3) is 27.9 Å². The summed E-state index contributed by atoms with van der Waals surface area (Å²) >= 11 is 0. The van der Waals surface area contributed by atoms with E-state index in [1.807, 2.05) is 0 Å². The molecular formula is C23H25N5O. The van der Waals surface area contributed by atoms with E-state index in [0.717, 1.165) is 47.0 Å². The summed E-state index contributed by atoms with van der Waals surface area (Å²) in [6.45, 7) is 9.98. The van der Waals surface area contributed by atoms with Crippen molar-refractivity contribution >= 4 is 22.5 Å². The maximum atomic E-state index is 5.96. The molecule has 0 N–H and O–H groups in total. The van der Waals surface area contributed by atoms with Crippen LogP contribution in [-0.4, -0.2) is 44.9 Å². The van der Waals surface area contributed by atoms with Gasteiger partial charge in [0, 0.05) is 24.0 Å². The third kappa shape index (κ3) is 3.13. The first-order valence-corrected chi connectivity index (χ1v) is 10.1. The van der Waals surface area contributed by atoms with E-state index in [4.69, 9.17) is 9.72 Å². The number of benzene rings is 2. The van der Waals surface area contributed by atoms with E-state index in [1.54, 1.807) is 0 Å². The van der Waals surface area contributed by atoms with Gasteiger partial charge in [0.05, 0.1) is 17.7 Å². The molecule has 0 radical (unpaired) electrons. The van der Waals surface area contributed by atoms with Gasteiger partial charge in [0.2, 0.25) is 5.95 Å². The van der Waals surface area contributed by atoms with Gasteiger partial charge in [-0.05, 0) is 45.9 Å². The number of nitrogens with zero attached hydrogens (tertiary/aromatic N) is 5. The Morgan fingerprint density at radius 3 is 2.45 bits per heavy atom. The fraction of sp³-hybridized carbons (Fsp3) is 0.348. The van der Waals surface area contributed by atoms with E-state index in [1.165, 1.54) is 11.1 Å². The molecule has 0 saturated carbocycles. The number of morpholine rings is 1. The van der Waals surface area contributed by atoms with Crippen molar-refractivity contribution in [2.24, 2.45) is 0 Å². The maximum Gasteiger partial charge on any atom is 0.213 e. The number of rotatable bonds is 2. The predicted octanol–water partition coefficient (Wildman–Crippen LogP) is 4.17. The summed E-state index contributed by atoms with van der Waals surface area (Å²) in [6, 6.07) is 14.7. The van der Waals surface area contributed by atoms with Crippen LogP contribution in [-0.2, 0) is 4.74 Å².